The zero-order valence-electron chi connectivity index (χ0n) is 8.79. The van der Waals surface area contributed by atoms with E-state index in [2.05, 4.69) is 4.74 Å². The van der Waals surface area contributed by atoms with Gasteiger partial charge in [0.2, 0.25) is 0 Å². The summed E-state index contributed by atoms with van der Waals surface area (Å²) in [5, 5.41) is 0. The minimum Gasteiger partial charge on any atom is -0.465 e. The maximum absolute atomic E-state index is 11.2. The van der Waals surface area contributed by atoms with Crippen LogP contribution in [-0.2, 0) is 11.2 Å². The number of ether oxygens (including phenoxy) is 1. The maximum atomic E-state index is 11.2. The number of carbonyl (C=O) groups is 1. The van der Waals surface area contributed by atoms with Gasteiger partial charge in [0.1, 0.15) is 4.88 Å². The van der Waals surface area contributed by atoms with Crippen LogP contribution in [0.3, 0.4) is 0 Å². The second-order valence-corrected chi connectivity index (χ2v) is 5.31. The Morgan fingerprint density at radius 1 is 1.60 bits per heavy atom. The van der Waals surface area contributed by atoms with E-state index in [1.807, 2.05) is 12.1 Å². The molecule has 0 unspecified atom stereocenters. The maximum Gasteiger partial charge on any atom is 0.348 e. The van der Waals surface area contributed by atoms with E-state index in [-0.39, 0.29) is 5.97 Å². The smallest absolute Gasteiger partial charge is 0.348 e. The van der Waals surface area contributed by atoms with Crippen LogP contribution in [-0.4, -0.2) is 19.6 Å². The first-order valence-electron chi connectivity index (χ1n) is 5.06. The highest BCUT2D eigenvalue weighted by atomic mass is 32.1. The van der Waals surface area contributed by atoms with Crippen LogP contribution < -0.4 is 5.73 Å². The Kier molecular flexibility index (Phi) is 2.80. The summed E-state index contributed by atoms with van der Waals surface area (Å²) in [6.45, 7) is 0.748. The molecule has 3 nitrogen and oxygen atoms in total. The summed E-state index contributed by atoms with van der Waals surface area (Å²) < 4.78 is 4.67. The first-order valence-corrected chi connectivity index (χ1v) is 5.88. The SMILES string of the molecule is COC(=O)c1ccc(CC2(CN)CC2)s1. The largest absolute Gasteiger partial charge is 0.465 e. The first kappa shape index (κ1) is 10.6. The van der Waals surface area contributed by atoms with Gasteiger partial charge >= 0.3 is 5.97 Å². The summed E-state index contributed by atoms with van der Waals surface area (Å²) in [6, 6.07) is 3.84. The van der Waals surface area contributed by atoms with Crippen LogP contribution >= 0.6 is 11.3 Å². The van der Waals surface area contributed by atoms with Crippen molar-refractivity contribution < 1.29 is 9.53 Å². The Morgan fingerprint density at radius 3 is 2.87 bits per heavy atom. The zero-order valence-corrected chi connectivity index (χ0v) is 9.60. The Hall–Kier alpha value is -0.870. The van der Waals surface area contributed by atoms with Crippen molar-refractivity contribution in [2.45, 2.75) is 19.3 Å². The van der Waals surface area contributed by atoms with Gasteiger partial charge in [-0.2, -0.15) is 0 Å². The van der Waals surface area contributed by atoms with Gasteiger partial charge in [-0.3, -0.25) is 0 Å². The number of methoxy groups -OCH3 is 1. The molecular formula is C11H15NO2S. The average molecular weight is 225 g/mol. The number of esters is 1. The third-order valence-corrected chi connectivity index (χ3v) is 4.05. The first-order chi connectivity index (χ1) is 7.19. The molecule has 0 radical (unpaired) electrons. The van der Waals surface area contributed by atoms with Crippen LogP contribution in [0.4, 0.5) is 0 Å². The van der Waals surface area contributed by atoms with Gasteiger partial charge in [-0.1, -0.05) is 0 Å². The van der Waals surface area contributed by atoms with Crippen molar-refractivity contribution >= 4 is 17.3 Å². The molecule has 0 atom stereocenters. The van der Waals surface area contributed by atoms with Crippen LogP contribution in [0.2, 0.25) is 0 Å². The second-order valence-electron chi connectivity index (χ2n) is 4.14. The minimum absolute atomic E-state index is 0.246. The molecule has 1 aliphatic rings. The quantitative estimate of drug-likeness (QED) is 0.795. The van der Waals surface area contributed by atoms with E-state index in [0.717, 1.165) is 13.0 Å². The molecule has 1 fully saturated rings. The lowest BCUT2D eigenvalue weighted by molar-refractivity contribution is 0.0606. The van der Waals surface area contributed by atoms with E-state index < -0.39 is 0 Å². The minimum atomic E-state index is -0.246. The molecule has 4 heteroatoms. The van der Waals surface area contributed by atoms with Gasteiger partial charge in [-0.25, -0.2) is 4.79 Å². The normalized spacial score (nSPS) is 17.5. The van der Waals surface area contributed by atoms with Gasteiger partial charge in [-0.05, 0) is 43.4 Å². The van der Waals surface area contributed by atoms with Crippen LogP contribution in [0, 0.1) is 5.41 Å². The summed E-state index contributed by atoms with van der Waals surface area (Å²) in [7, 11) is 1.41. The predicted molar refractivity (Wildman–Crippen MR) is 60.1 cm³/mol. The molecule has 1 heterocycles. The van der Waals surface area contributed by atoms with E-state index in [1.54, 1.807) is 0 Å². The van der Waals surface area contributed by atoms with E-state index >= 15 is 0 Å². The Balaban J connectivity index is 2.04. The molecule has 0 aliphatic heterocycles. The summed E-state index contributed by atoms with van der Waals surface area (Å²) in [5.41, 5.74) is 6.05. The molecule has 0 bridgehead atoms. The van der Waals surface area contributed by atoms with Gasteiger partial charge in [0, 0.05) is 4.88 Å². The lowest BCUT2D eigenvalue weighted by Gasteiger charge is -2.09. The van der Waals surface area contributed by atoms with Crippen LogP contribution in [0.25, 0.3) is 0 Å². The van der Waals surface area contributed by atoms with Crippen molar-refractivity contribution in [2.24, 2.45) is 11.1 Å². The molecule has 2 N–H and O–H groups in total. The van der Waals surface area contributed by atoms with Gasteiger partial charge in [0.15, 0.2) is 0 Å². The summed E-state index contributed by atoms with van der Waals surface area (Å²) >= 11 is 1.52. The van der Waals surface area contributed by atoms with E-state index in [1.165, 1.54) is 36.2 Å². The van der Waals surface area contributed by atoms with Crippen LogP contribution in [0.15, 0.2) is 12.1 Å². The van der Waals surface area contributed by atoms with Gasteiger partial charge in [0.25, 0.3) is 0 Å². The molecule has 82 valence electrons. The molecule has 1 aromatic rings. The average Bonchev–Trinajstić information content (AvgIpc) is 2.87. The van der Waals surface area contributed by atoms with Crippen molar-refractivity contribution in [1.82, 2.24) is 0 Å². The number of carbonyl (C=O) groups excluding carboxylic acids is 1. The summed E-state index contributed by atoms with van der Waals surface area (Å²) in [6.07, 6.45) is 3.44. The van der Waals surface area contributed by atoms with Crippen molar-refractivity contribution in [3.05, 3.63) is 21.9 Å². The molecule has 0 amide bonds. The molecule has 1 aromatic heterocycles. The zero-order chi connectivity index (χ0) is 10.9. The Bertz CT molecular complexity index is 368. The molecule has 1 aliphatic carbocycles. The monoisotopic (exact) mass is 225 g/mol. The number of thiophene rings is 1. The van der Waals surface area contributed by atoms with E-state index in [4.69, 9.17) is 5.73 Å². The standard InChI is InChI=1S/C11H15NO2S/c1-14-10(13)9-3-2-8(15-9)6-11(7-12)4-5-11/h2-3H,4-7,12H2,1H3. The lowest BCUT2D eigenvalue weighted by Crippen LogP contribution is -2.17. The molecule has 0 saturated heterocycles. The molecule has 15 heavy (non-hydrogen) atoms. The molecular weight excluding hydrogens is 210 g/mol. The van der Waals surface area contributed by atoms with Crippen molar-refractivity contribution in [3.63, 3.8) is 0 Å². The van der Waals surface area contributed by atoms with Crippen molar-refractivity contribution in [1.29, 1.82) is 0 Å². The fourth-order valence-corrected chi connectivity index (χ4v) is 2.78. The Morgan fingerprint density at radius 2 is 2.33 bits per heavy atom. The fraction of sp³-hybridized carbons (Fsp3) is 0.545. The molecule has 2 rings (SSSR count). The molecule has 1 saturated carbocycles. The van der Waals surface area contributed by atoms with Crippen LogP contribution in [0.1, 0.15) is 27.4 Å². The highest BCUT2D eigenvalue weighted by Crippen LogP contribution is 2.48. The van der Waals surface area contributed by atoms with Gasteiger partial charge < -0.3 is 10.5 Å². The number of rotatable bonds is 4. The second kappa shape index (κ2) is 3.94. The highest BCUT2D eigenvalue weighted by molar-refractivity contribution is 7.13. The highest BCUT2D eigenvalue weighted by Gasteiger charge is 2.41. The molecule has 0 spiro atoms. The summed E-state index contributed by atoms with van der Waals surface area (Å²) in [5.74, 6) is -0.246. The summed E-state index contributed by atoms with van der Waals surface area (Å²) in [4.78, 5) is 13.2. The predicted octanol–water partition coefficient (Wildman–Crippen LogP) is 1.82. The van der Waals surface area contributed by atoms with Crippen molar-refractivity contribution in [2.75, 3.05) is 13.7 Å². The third-order valence-electron chi connectivity index (χ3n) is 2.99. The number of hydrogen-bond acceptors (Lipinski definition) is 4. The lowest BCUT2D eigenvalue weighted by atomic mass is 10.0. The topological polar surface area (TPSA) is 52.3 Å². The van der Waals surface area contributed by atoms with Crippen LogP contribution in [0.5, 0.6) is 0 Å². The van der Waals surface area contributed by atoms with Crippen molar-refractivity contribution in [3.8, 4) is 0 Å². The Labute approximate surface area is 93.2 Å². The molecule has 0 aromatic carbocycles. The number of hydrogen-bond donors (Lipinski definition) is 1. The fourth-order valence-electron chi connectivity index (χ4n) is 1.68. The van der Waals surface area contributed by atoms with E-state index in [9.17, 15) is 4.79 Å². The van der Waals surface area contributed by atoms with Gasteiger partial charge in [0.05, 0.1) is 7.11 Å². The third kappa shape index (κ3) is 2.21. The number of nitrogens with two attached hydrogens (primary N) is 1. The van der Waals surface area contributed by atoms with E-state index in [0.29, 0.717) is 10.3 Å². The van der Waals surface area contributed by atoms with Gasteiger partial charge in [-0.15, -0.1) is 11.3 Å².